The van der Waals surface area contributed by atoms with Crippen LogP contribution in [0.2, 0.25) is 0 Å². The Bertz CT molecular complexity index is 984. The summed E-state index contributed by atoms with van der Waals surface area (Å²) < 4.78 is 60.4. The summed E-state index contributed by atoms with van der Waals surface area (Å²) in [7, 11) is -3.62. The molecule has 9 heteroatoms. The molecular weight excluding hydrogens is 404 g/mol. The van der Waals surface area contributed by atoms with E-state index in [1.807, 2.05) is 6.07 Å². The van der Waals surface area contributed by atoms with Crippen LogP contribution in [0.5, 0.6) is 0 Å². The molecule has 0 aromatic heterocycles. The normalized spacial score (nSPS) is 20.9. The van der Waals surface area contributed by atoms with E-state index in [4.69, 9.17) is 8.92 Å². The van der Waals surface area contributed by atoms with Gasteiger partial charge in [-0.1, -0.05) is 30.3 Å². The summed E-state index contributed by atoms with van der Waals surface area (Å²) in [6.07, 6.45) is 0.700. The van der Waals surface area contributed by atoms with Crippen LogP contribution in [-0.4, -0.2) is 27.4 Å². The SMILES string of the molecule is CS(=O)(=O)OCC[C@H]1C[C@]1(NC(=O)OCc1ccccc1)c1cc(F)ccc1F. The fourth-order valence-electron chi connectivity index (χ4n) is 3.35. The lowest BCUT2D eigenvalue weighted by Crippen LogP contribution is -2.38. The lowest BCUT2D eigenvalue weighted by atomic mass is 10.0. The van der Waals surface area contributed by atoms with Gasteiger partial charge in [0.15, 0.2) is 0 Å². The second-order valence-electron chi connectivity index (χ2n) is 7.00. The van der Waals surface area contributed by atoms with Crippen molar-refractivity contribution < 1.29 is 30.9 Å². The molecule has 2 aromatic carbocycles. The minimum absolute atomic E-state index is 0.00137. The van der Waals surface area contributed by atoms with Crippen LogP contribution in [0.3, 0.4) is 0 Å². The van der Waals surface area contributed by atoms with Crippen LogP contribution in [0.15, 0.2) is 48.5 Å². The average molecular weight is 425 g/mol. The van der Waals surface area contributed by atoms with Gasteiger partial charge in [0, 0.05) is 5.56 Å². The summed E-state index contributed by atoms with van der Waals surface area (Å²) in [5.41, 5.74) is -0.401. The van der Waals surface area contributed by atoms with E-state index in [2.05, 4.69) is 5.32 Å². The molecule has 0 unspecified atom stereocenters. The Morgan fingerprint density at radius 3 is 2.62 bits per heavy atom. The number of hydrogen-bond donors (Lipinski definition) is 1. The first kappa shape index (κ1) is 21.2. The van der Waals surface area contributed by atoms with Gasteiger partial charge >= 0.3 is 6.09 Å². The number of carbonyl (C=O) groups is 1. The number of nitrogens with one attached hydrogen (secondary N) is 1. The zero-order valence-electron chi connectivity index (χ0n) is 15.7. The van der Waals surface area contributed by atoms with Crippen molar-refractivity contribution in [2.75, 3.05) is 12.9 Å². The van der Waals surface area contributed by atoms with Gasteiger partial charge in [0.1, 0.15) is 18.2 Å². The highest BCUT2D eigenvalue weighted by Gasteiger charge is 2.57. The van der Waals surface area contributed by atoms with E-state index in [1.165, 1.54) is 0 Å². The van der Waals surface area contributed by atoms with Crippen molar-refractivity contribution in [3.05, 3.63) is 71.3 Å². The second-order valence-corrected chi connectivity index (χ2v) is 8.64. The molecule has 0 bridgehead atoms. The van der Waals surface area contributed by atoms with Crippen LogP contribution < -0.4 is 5.32 Å². The predicted octanol–water partition coefficient (Wildman–Crippen LogP) is 3.47. The van der Waals surface area contributed by atoms with Gasteiger partial charge in [-0.15, -0.1) is 0 Å². The summed E-state index contributed by atoms with van der Waals surface area (Å²) in [6.45, 7) is -0.0980. The van der Waals surface area contributed by atoms with Crippen LogP contribution in [0.25, 0.3) is 0 Å². The highest BCUT2D eigenvalue weighted by atomic mass is 32.2. The van der Waals surface area contributed by atoms with Gasteiger partial charge in [-0.2, -0.15) is 8.42 Å². The molecule has 1 N–H and O–H groups in total. The maximum Gasteiger partial charge on any atom is 0.408 e. The first-order valence-electron chi connectivity index (χ1n) is 8.98. The van der Waals surface area contributed by atoms with Crippen molar-refractivity contribution in [3.8, 4) is 0 Å². The van der Waals surface area contributed by atoms with E-state index in [9.17, 15) is 22.0 Å². The highest BCUT2D eigenvalue weighted by Crippen LogP contribution is 2.54. The molecule has 1 aliphatic carbocycles. The molecule has 0 saturated heterocycles. The van der Waals surface area contributed by atoms with Crippen LogP contribution in [0.1, 0.15) is 24.0 Å². The number of amides is 1. The van der Waals surface area contributed by atoms with Gasteiger partial charge in [0.25, 0.3) is 10.1 Å². The lowest BCUT2D eigenvalue weighted by molar-refractivity contribution is 0.132. The third kappa shape index (κ3) is 5.51. The zero-order valence-corrected chi connectivity index (χ0v) is 16.5. The fourth-order valence-corrected chi connectivity index (χ4v) is 3.75. The molecule has 29 heavy (non-hydrogen) atoms. The van der Waals surface area contributed by atoms with E-state index >= 15 is 0 Å². The van der Waals surface area contributed by atoms with Crippen LogP contribution >= 0.6 is 0 Å². The first-order valence-corrected chi connectivity index (χ1v) is 10.8. The van der Waals surface area contributed by atoms with Crippen LogP contribution in [0.4, 0.5) is 13.6 Å². The molecule has 0 spiro atoms. The number of carbonyl (C=O) groups excluding carboxylic acids is 1. The zero-order chi connectivity index (χ0) is 21.1. The minimum Gasteiger partial charge on any atom is -0.445 e. The molecule has 1 aliphatic rings. The summed E-state index contributed by atoms with van der Waals surface area (Å²) in [5, 5.41) is 2.65. The van der Waals surface area contributed by atoms with E-state index in [0.29, 0.717) is 6.42 Å². The molecule has 1 fully saturated rings. The molecule has 156 valence electrons. The number of benzene rings is 2. The Balaban J connectivity index is 1.72. The lowest BCUT2D eigenvalue weighted by Gasteiger charge is -2.21. The highest BCUT2D eigenvalue weighted by molar-refractivity contribution is 7.85. The van der Waals surface area contributed by atoms with E-state index in [-0.39, 0.29) is 31.1 Å². The molecule has 0 heterocycles. The van der Waals surface area contributed by atoms with Gasteiger partial charge in [0.05, 0.1) is 18.4 Å². The fraction of sp³-hybridized carbons (Fsp3) is 0.350. The number of rotatable bonds is 8. The summed E-state index contributed by atoms with van der Waals surface area (Å²) in [6, 6.07) is 12.0. The molecular formula is C20H21F2NO5S. The standard InChI is InChI=1S/C20H21F2NO5S/c1-29(25,26)28-10-9-15-12-20(15,17-11-16(21)7-8-18(17)22)23-19(24)27-13-14-5-3-2-4-6-14/h2-8,11,15H,9-10,12-13H2,1H3,(H,23,24)/t15-,20+/m0/s1. The first-order chi connectivity index (χ1) is 13.7. The van der Waals surface area contributed by atoms with Gasteiger partial charge in [0.2, 0.25) is 0 Å². The second kappa shape index (κ2) is 8.46. The summed E-state index contributed by atoms with van der Waals surface area (Å²) in [5.74, 6) is -1.63. The Morgan fingerprint density at radius 2 is 1.93 bits per heavy atom. The Hall–Kier alpha value is -2.52. The topological polar surface area (TPSA) is 81.7 Å². The predicted molar refractivity (Wildman–Crippen MR) is 101 cm³/mol. The van der Waals surface area contributed by atoms with Crippen LogP contribution in [0, 0.1) is 17.6 Å². The molecule has 2 atom stereocenters. The van der Waals surface area contributed by atoms with Crippen molar-refractivity contribution in [2.24, 2.45) is 5.92 Å². The molecule has 6 nitrogen and oxygen atoms in total. The van der Waals surface area contributed by atoms with E-state index in [0.717, 1.165) is 30.0 Å². The molecule has 0 radical (unpaired) electrons. The Kier molecular flexibility index (Phi) is 6.18. The largest absolute Gasteiger partial charge is 0.445 e. The number of hydrogen-bond acceptors (Lipinski definition) is 5. The average Bonchev–Trinajstić information content (AvgIpc) is 3.35. The maximum absolute atomic E-state index is 14.4. The van der Waals surface area contributed by atoms with Gasteiger partial charge in [-0.25, -0.2) is 13.6 Å². The van der Waals surface area contributed by atoms with Crippen molar-refractivity contribution in [2.45, 2.75) is 25.0 Å². The number of ether oxygens (including phenoxy) is 1. The van der Waals surface area contributed by atoms with Gasteiger partial charge in [-0.3, -0.25) is 4.18 Å². The van der Waals surface area contributed by atoms with E-state index in [1.54, 1.807) is 24.3 Å². The van der Waals surface area contributed by atoms with Crippen molar-refractivity contribution in [3.63, 3.8) is 0 Å². The van der Waals surface area contributed by atoms with Crippen molar-refractivity contribution in [1.82, 2.24) is 5.32 Å². The van der Waals surface area contributed by atoms with Crippen molar-refractivity contribution in [1.29, 1.82) is 0 Å². The summed E-state index contributed by atoms with van der Waals surface area (Å²) in [4.78, 5) is 12.3. The molecule has 1 amide bonds. The van der Waals surface area contributed by atoms with Crippen LogP contribution in [-0.2, 0) is 31.2 Å². The molecule has 3 rings (SSSR count). The van der Waals surface area contributed by atoms with Gasteiger partial charge < -0.3 is 10.1 Å². The van der Waals surface area contributed by atoms with Crippen molar-refractivity contribution >= 4 is 16.2 Å². The molecule has 0 aliphatic heterocycles. The third-order valence-electron chi connectivity index (χ3n) is 4.82. The Morgan fingerprint density at radius 1 is 1.21 bits per heavy atom. The van der Waals surface area contributed by atoms with E-state index < -0.39 is 33.4 Å². The Labute approximate surface area is 168 Å². The van der Waals surface area contributed by atoms with Gasteiger partial charge in [-0.05, 0) is 42.5 Å². The monoisotopic (exact) mass is 425 g/mol. The quantitative estimate of drug-likeness (QED) is 0.655. The minimum atomic E-state index is -3.62. The third-order valence-corrected chi connectivity index (χ3v) is 5.41. The maximum atomic E-state index is 14.4. The number of alkyl carbamates (subject to hydrolysis) is 1. The summed E-state index contributed by atoms with van der Waals surface area (Å²) >= 11 is 0. The molecule has 1 saturated carbocycles. The number of halogens is 2. The smallest absolute Gasteiger partial charge is 0.408 e. The molecule has 2 aromatic rings.